The Morgan fingerprint density at radius 2 is 2.15 bits per heavy atom. The third kappa shape index (κ3) is 5.53. The monoisotopic (exact) mass is 370 g/mol. The van der Waals surface area contributed by atoms with E-state index >= 15 is 0 Å². The summed E-state index contributed by atoms with van der Waals surface area (Å²) < 4.78 is 0. The second-order valence-corrected chi connectivity index (χ2v) is 6.95. The standard InChI is InChI=1S/C21H27ClN4/c1-5-18(10-9-16(3)22)12-24-21-20(23)17(4)26(14-25-21)13-19-8-6-7-15(2)11-19/h6-11,14,24H,4-5,12-13,23H2,1-3H3/b16-9+,18-10+. The van der Waals surface area contributed by atoms with Gasteiger partial charge in [-0.15, -0.1) is 0 Å². The van der Waals surface area contributed by atoms with Crippen LogP contribution in [0.1, 0.15) is 31.4 Å². The molecular weight excluding hydrogens is 344 g/mol. The van der Waals surface area contributed by atoms with Crippen LogP contribution in [0.3, 0.4) is 0 Å². The summed E-state index contributed by atoms with van der Waals surface area (Å²) >= 11 is 5.89. The molecule has 138 valence electrons. The lowest BCUT2D eigenvalue weighted by Crippen LogP contribution is -2.32. The number of hydrogen-bond donors (Lipinski definition) is 2. The molecule has 0 saturated carbocycles. The lowest BCUT2D eigenvalue weighted by atomic mass is 10.1. The van der Waals surface area contributed by atoms with Crippen molar-refractivity contribution in [2.24, 2.45) is 10.7 Å². The first-order valence-corrected chi connectivity index (χ1v) is 9.09. The van der Waals surface area contributed by atoms with Gasteiger partial charge in [-0.3, -0.25) is 0 Å². The second-order valence-electron chi connectivity index (χ2n) is 6.36. The number of aliphatic imine (C=N–C) groups is 1. The van der Waals surface area contributed by atoms with E-state index in [-0.39, 0.29) is 0 Å². The number of benzene rings is 1. The molecule has 3 N–H and O–H groups in total. The maximum Gasteiger partial charge on any atom is 0.153 e. The molecule has 0 bridgehead atoms. The summed E-state index contributed by atoms with van der Waals surface area (Å²) in [6.07, 6.45) is 6.62. The molecule has 0 atom stereocenters. The Labute approximate surface area is 161 Å². The maximum atomic E-state index is 6.26. The van der Waals surface area contributed by atoms with Gasteiger partial charge in [-0.05, 0) is 31.9 Å². The van der Waals surface area contributed by atoms with E-state index in [9.17, 15) is 0 Å². The average molecular weight is 371 g/mol. The third-order valence-corrected chi connectivity index (χ3v) is 4.29. The van der Waals surface area contributed by atoms with Crippen LogP contribution in [-0.4, -0.2) is 17.8 Å². The van der Waals surface area contributed by atoms with Crippen molar-refractivity contribution in [3.63, 3.8) is 0 Å². The van der Waals surface area contributed by atoms with Crippen molar-refractivity contribution >= 4 is 17.9 Å². The van der Waals surface area contributed by atoms with Crippen LogP contribution in [0, 0.1) is 6.92 Å². The number of rotatable bonds is 7. The minimum absolute atomic E-state index is 0.569. The highest BCUT2D eigenvalue weighted by Gasteiger charge is 2.17. The molecule has 5 heteroatoms. The molecule has 0 fully saturated rings. The van der Waals surface area contributed by atoms with Crippen molar-refractivity contribution in [1.29, 1.82) is 0 Å². The minimum Gasteiger partial charge on any atom is -0.394 e. The van der Waals surface area contributed by atoms with E-state index < -0.39 is 0 Å². The topological polar surface area (TPSA) is 53.6 Å². The average Bonchev–Trinajstić information content (AvgIpc) is 2.60. The number of halogens is 1. The van der Waals surface area contributed by atoms with Crippen molar-refractivity contribution in [2.75, 3.05) is 6.54 Å². The molecule has 1 aromatic rings. The molecule has 0 radical (unpaired) electrons. The first-order chi connectivity index (χ1) is 12.4. The second kappa shape index (κ2) is 9.30. The van der Waals surface area contributed by atoms with Gasteiger partial charge in [0.05, 0.1) is 17.7 Å². The van der Waals surface area contributed by atoms with Gasteiger partial charge in [0.2, 0.25) is 0 Å². The fourth-order valence-electron chi connectivity index (χ4n) is 2.57. The third-order valence-electron chi connectivity index (χ3n) is 4.16. The summed E-state index contributed by atoms with van der Waals surface area (Å²) in [6.45, 7) is 11.5. The number of nitrogens with one attached hydrogen (secondary N) is 1. The van der Waals surface area contributed by atoms with Crippen LogP contribution >= 0.6 is 11.6 Å². The molecule has 1 heterocycles. The Balaban J connectivity index is 2.03. The van der Waals surface area contributed by atoms with Gasteiger partial charge in [0.1, 0.15) is 0 Å². The fourth-order valence-corrected chi connectivity index (χ4v) is 2.64. The number of nitrogens with zero attached hydrogens (tertiary/aromatic N) is 2. The Morgan fingerprint density at radius 1 is 1.38 bits per heavy atom. The number of allylic oxidation sites excluding steroid dienone is 3. The highest BCUT2D eigenvalue weighted by molar-refractivity contribution is 6.29. The minimum atomic E-state index is 0.569. The van der Waals surface area contributed by atoms with Crippen molar-refractivity contribution < 1.29 is 0 Å². The van der Waals surface area contributed by atoms with E-state index in [1.165, 1.54) is 16.7 Å². The van der Waals surface area contributed by atoms with Gasteiger partial charge >= 0.3 is 0 Å². The summed E-state index contributed by atoms with van der Waals surface area (Å²) in [7, 11) is 0. The lowest BCUT2D eigenvalue weighted by Gasteiger charge is -2.27. The molecule has 0 amide bonds. The maximum absolute atomic E-state index is 6.26. The Hall–Kier alpha value is -2.46. The van der Waals surface area contributed by atoms with Gasteiger partial charge in [-0.1, -0.05) is 66.6 Å². The van der Waals surface area contributed by atoms with Crippen molar-refractivity contribution in [3.05, 3.63) is 81.9 Å². The zero-order valence-electron chi connectivity index (χ0n) is 15.7. The van der Waals surface area contributed by atoms with E-state index in [2.05, 4.69) is 55.0 Å². The van der Waals surface area contributed by atoms with Gasteiger partial charge in [-0.25, -0.2) is 4.99 Å². The van der Waals surface area contributed by atoms with Crippen LogP contribution in [0.5, 0.6) is 0 Å². The molecule has 0 aromatic heterocycles. The molecule has 0 aliphatic carbocycles. The van der Waals surface area contributed by atoms with Gasteiger partial charge in [0, 0.05) is 18.1 Å². The van der Waals surface area contributed by atoms with Gasteiger partial charge in [0.25, 0.3) is 0 Å². The van der Waals surface area contributed by atoms with Crippen molar-refractivity contribution in [1.82, 2.24) is 10.2 Å². The number of aryl methyl sites for hydroxylation is 1. The van der Waals surface area contributed by atoms with E-state index in [1.807, 2.05) is 24.0 Å². The molecule has 0 unspecified atom stereocenters. The molecule has 1 aliphatic rings. The summed E-state index contributed by atoms with van der Waals surface area (Å²) in [5.74, 6) is 0.654. The van der Waals surface area contributed by atoms with E-state index in [0.29, 0.717) is 24.6 Å². The summed E-state index contributed by atoms with van der Waals surface area (Å²) in [4.78, 5) is 6.44. The highest BCUT2D eigenvalue weighted by Crippen LogP contribution is 2.19. The van der Waals surface area contributed by atoms with E-state index in [4.69, 9.17) is 17.3 Å². The van der Waals surface area contributed by atoms with Crippen molar-refractivity contribution in [3.8, 4) is 0 Å². The predicted octanol–water partition coefficient (Wildman–Crippen LogP) is 4.55. The van der Waals surface area contributed by atoms with Crippen molar-refractivity contribution in [2.45, 2.75) is 33.7 Å². The molecule has 0 saturated heterocycles. The van der Waals surface area contributed by atoms with Crippen LogP contribution in [0.2, 0.25) is 0 Å². The summed E-state index contributed by atoms with van der Waals surface area (Å²) in [6, 6.07) is 8.38. The highest BCUT2D eigenvalue weighted by atomic mass is 35.5. The zero-order valence-corrected chi connectivity index (χ0v) is 16.5. The Kier molecular flexibility index (Phi) is 7.10. The van der Waals surface area contributed by atoms with Gasteiger partial charge in [-0.2, -0.15) is 0 Å². The quantitative estimate of drug-likeness (QED) is 0.692. The van der Waals surface area contributed by atoms with E-state index in [0.717, 1.165) is 17.2 Å². The molecule has 4 nitrogen and oxygen atoms in total. The van der Waals surface area contributed by atoms with Gasteiger partial charge < -0.3 is 16.0 Å². The zero-order chi connectivity index (χ0) is 19.1. The predicted molar refractivity (Wildman–Crippen MR) is 112 cm³/mol. The Bertz CT molecular complexity index is 783. The van der Waals surface area contributed by atoms with Crippen LogP contribution in [-0.2, 0) is 6.54 Å². The first kappa shape index (κ1) is 19.9. The SMILES string of the molecule is C=C1C(N)=C(NC/C(=C/C=C(\C)Cl)CC)N=CN1Cc1cccc(C)c1. The largest absolute Gasteiger partial charge is 0.394 e. The fraction of sp³-hybridized carbons (Fsp3) is 0.286. The molecular formula is C21H27ClN4. The van der Waals surface area contributed by atoms with Crippen LogP contribution in [0.15, 0.2) is 75.8 Å². The van der Waals surface area contributed by atoms with Crippen LogP contribution < -0.4 is 11.1 Å². The first-order valence-electron chi connectivity index (χ1n) is 8.71. The summed E-state index contributed by atoms with van der Waals surface area (Å²) in [5, 5.41) is 4.05. The van der Waals surface area contributed by atoms with Crippen LogP contribution in [0.25, 0.3) is 0 Å². The molecule has 1 aromatic carbocycles. The van der Waals surface area contributed by atoms with Gasteiger partial charge in [0.15, 0.2) is 5.82 Å². The molecule has 2 rings (SSSR count). The molecule has 0 spiro atoms. The smallest absolute Gasteiger partial charge is 0.153 e. The molecule has 26 heavy (non-hydrogen) atoms. The normalized spacial score (nSPS) is 15.7. The van der Waals surface area contributed by atoms with Crippen LogP contribution in [0.4, 0.5) is 0 Å². The number of nitrogens with two attached hydrogens (primary N) is 1. The Morgan fingerprint density at radius 3 is 2.81 bits per heavy atom. The lowest BCUT2D eigenvalue weighted by molar-refractivity contribution is 0.517. The summed E-state index contributed by atoms with van der Waals surface area (Å²) in [5.41, 5.74) is 11.2. The number of hydrogen-bond acceptors (Lipinski definition) is 4. The van der Waals surface area contributed by atoms with E-state index in [1.54, 1.807) is 6.34 Å². The molecule has 1 aliphatic heterocycles.